The first-order valence-corrected chi connectivity index (χ1v) is 9.66. The van der Waals surface area contributed by atoms with Gasteiger partial charge in [-0.3, -0.25) is 0 Å². The summed E-state index contributed by atoms with van der Waals surface area (Å²) < 4.78 is 7.34. The Morgan fingerprint density at radius 2 is 1.54 bits per heavy atom. The Morgan fingerprint density at radius 1 is 0.769 bits per heavy atom. The molecule has 0 radical (unpaired) electrons. The van der Waals surface area contributed by atoms with Crippen LogP contribution in [0.5, 0.6) is 0 Å². The molecule has 5 rings (SSSR count). The van der Waals surface area contributed by atoms with E-state index in [1.54, 1.807) is 0 Å². The third-order valence-corrected chi connectivity index (χ3v) is 5.46. The molecule has 0 N–H and O–H groups in total. The minimum Gasteiger partial charge on any atom is -0.456 e. The van der Waals surface area contributed by atoms with E-state index in [1.165, 1.54) is 33.2 Å². The van der Waals surface area contributed by atoms with Crippen molar-refractivity contribution >= 4 is 32.5 Å². The summed E-state index contributed by atoms with van der Waals surface area (Å²) in [6.45, 7) is 0. The summed E-state index contributed by atoms with van der Waals surface area (Å²) in [6, 6.07) is 25.4. The Bertz CT molecular complexity index is 1140. The number of benzene rings is 3. The minimum atomic E-state index is 0.976. The van der Waals surface area contributed by atoms with Crippen LogP contribution in [-0.4, -0.2) is 0 Å². The van der Waals surface area contributed by atoms with Crippen molar-refractivity contribution in [1.82, 2.24) is 0 Å². The Balaban J connectivity index is 1.68. The summed E-state index contributed by atoms with van der Waals surface area (Å²) in [7, 11) is 0. The number of furan rings is 1. The molecule has 0 unspecified atom stereocenters. The summed E-state index contributed by atoms with van der Waals surface area (Å²) in [4.78, 5) is 0. The van der Waals surface area contributed by atoms with Crippen molar-refractivity contribution in [2.75, 3.05) is 0 Å². The van der Waals surface area contributed by atoms with Gasteiger partial charge in [-0.15, -0.1) is 0 Å². The molecule has 0 fully saturated rings. The first-order valence-electron chi connectivity index (χ1n) is 8.87. The molecule has 0 spiro atoms. The van der Waals surface area contributed by atoms with E-state index in [4.69, 9.17) is 4.42 Å². The predicted octanol–water partition coefficient (Wildman–Crippen LogP) is 7.24. The molecule has 1 heterocycles. The number of rotatable bonds is 2. The van der Waals surface area contributed by atoms with Crippen LogP contribution in [0.3, 0.4) is 0 Å². The van der Waals surface area contributed by atoms with E-state index in [0.29, 0.717) is 0 Å². The molecule has 0 amide bonds. The van der Waals surface area contributed by atoms with Crippen molar-refractivity contribution in [2.24, 2.45) is 0 Å². The average molecular weight is 401 g/mol. The minimum absolute atomic E-state index is 0.976. The lowest BCUT2D eigenvalue weighted by Gasteiger charge is -2.15. The molecular weight excluding hydrogens is 384 g/mol. The summed E-state index contributed by atoms with van der Waals surface area (Å²) in [5, 5.41) is 1.24. The van der Waals surface area contributed by atoms with Crippen LogP contribution in [-0.2, 0) is 6.42 Å². The van der Waals surface area contributed by atoms with Gasteiger partial charge in [0.2, 0.25) is 0 Å². The maximum Gasteiger partial charge on any atom is 0.138 e. The standard InChI is InChI=1S/C24H17BrO/c25-19-14-17(16-7-2-1-3-8-16)13-18(15-19)20-10-6-11-22-21-9-4-5-12-23(21)26-24(20)22/h1-5,7-10,12-15H,6,11H2. The zero-order valence-corrected chi connectivity index (χ0v) is 15.8. The quantitative estimate of drug-likeness (QED) is 0.345. The Hall–Kier alpha value is -2.58. The highest BCUT2D eigenvalue weighted by atomic mass is 79.9. The molecule has 2 heteroatoms. The van der Waals surface area contributed by atoms with E-state index >= 15 is 0 Å². The summed E-state index contributed by atoms with van der Waals surface area (Å²) in [5.41, 5.74) is 7.12. The van der Waals surface area contributed by atoms with E-state index in [2.05, 4.69) is 82.7 Å². The van der Waals surface area contributed by atoms with E-state index in [-0.39, 0.29) is 0 Å². The second-order valence-electron chi connectivity index (χ2n) is 6.66. The van der Waals surface area contributed by atoms with Crippen molar-refractivity contribution in [2.45, 2.75) is 12.8 Å². The number of aryl methyl sites for hydroxylation is 1. The molecule has 26 heavy (non-hydrogen) atoms. The van der Waals surface area contributed by atoms with Gasteiger partial charge in [-0.1, -0.05) is 70.5 Å². The Kier molecular flexibility index (Phi) is 3.79. The van der Waals surface area contributed by atoms with Crippen molar-refractivity contribution in [3.05, 3.63) is 100 Å². The fourth-order valence-electron chi connectivity index (χ4n) is 3.81. The van der Waals surface area contributed by atoms with Gasteiger partial charge in [0.25, 0.3) is 0 Å². The molecule has 0 saturated carbocycles. The van der Waals surface area contributed by atoms with E-state index < -0.39 is 0 Å². The van der Waals surface area contributed by atoms with Crippen molar-refractivity contribution in [3.8, 4) is 11.1 Å². The maximum atomic E-state index is 6.26. The van der Waals surface area contributed by atoms with Gasteiger partial charge >= 0.3 is 0 Å². The average Bonchev–Trinajstić information content (AvgIpc) is 3.07. The second-order valence-corrected chi connectivity index (χ2v) is 7.57. The van der Waals surface area contributed by atoms with E-state index in [0.717, 1.165) is 28.7 Å². The molecule has 3 aromatic carbocycles. The molecule has 0 aliphatic heterocycles. The number of fused-ring (bicyclic) bond motifs is 3. The summed E-state index contributed by atoms with van der Waals surface area (Å²) in [5.74, 6) is 1.02. The fourth-order valence-corrected chi connectivity index (χ4v) is 4.30. The van der Waals surface area contributed by atoms with Gasteiger partial charge in [0, 0.05) is 21.0 Å². The van der Waals surface area contributed by atoms with Crippen LogP contribution >= 0.6 is 15.9 Å². The zero-order valence-electron chi connectivity index (χ0n) is 14.2. The van der Waals surface area contributed by atoms with Gasteiger partial charge in [-0.05, 0) is 53.8 Å². The van der Waals surface area contributed by atoms with Gasteiger partial charge in [0.1, 0.15) is 11.3 Å². The van der Waals surface area contributed by atoms with Crippen LogP contribution in [0.4, 0.5) is 0 Å². The van der Waals surface area contributed by atoms with E-state index in [9.17, 15) is 0 Å². The zero-order chi connectivity index (χ0) is 17.5. The lowest BCUT2D eigenvalue weighted by Crippen LogP contribution is -1.98. The molecule has 4 aromatic rings. The highest BCUT2D eigenvalue weighted by molar-refractivity contribution is 9.10. The fraction of sp³-hybridized carbons (Fsp3) is 0.0833. The maximum absolute atomic E-state index is 6.26. The van der Waals surface area contributed by atoms with Gasteiger partial charge < -0.3 is 4.42 Å². The number of halogens is 1. The second kappa shape index (κ2) is 6.30. The lowest BCUT2D eigenvalue weighted by atomic mass is 9.90. The van der Waals surface area contributed by atoms with Crippen molar-refractivity contribution < 1.29 is 4.42 Å². The smallest absolute Gasteiger partial charge is 0.138 e. The van der Waals surface area contributed by atoms with Crippen molar-refractivity contribution in [1.29, 1.82) is 0 Å². The SMILES string of the molecule is Brc1cc(C2=CCCc3c2oc2ccccc32)cc(-c2ccccc2)c1. The predicted molar refractivity (Wildman–Crippen MR) is 111 cm³/mol. The summed E-state index contributed by atoms with van der Waals surface area (Å²) >= 11 is 3.69. The molecule has 0 atom stereocenters. The molecular formula is C24H17BrO. The van der Waals surface area contributed by atoms with E-state index in [1.807, 2.05) is 12.1 Å². The number of para-hydroxylation sites is 1. The first kappa shape index (κ1) is 15.7. The van der Waals surface area contributed by atoms with Crippen LogP contribution in [0.1, 0.15) is 23.3 Å². The van der Waals surface area contributed by atoms with Crippen LogP contribution in [0.2, 0.25) is 0 Å². The largest absolute Gasteiger partial charge is 0.456 e. The number of hydrogen-bond acceptors (Lipinski definition) is 1. The van der Waals surface area contributed by atoms with Crippen LogP contribution in [0, 0.1) is 0 Å². The molecule has 1 nitrogen and oxygen atoms in total. The Labute approximate surface area is 161 Å². The highest BCUT2D eigenvalue weighted by Gasteiger charge is 2.22. The number of allylic oxidation sites excluding steroid dienone is 1. The monoisotopic (exact) mass is 400 g/mol. The van der Waals surface area contributed by atoms with Crippen LogP contribution in [0.25, 0.3) is 27.7 Å². The molecule has 1 aromatic heterocycles. The Morgan fingerprint density at radius 3 is 2.42 bits per heavy atom. The molecule has 0 saturated heterocycles. The van der Waals surface area contributed by atoms with Crippen molar-refractivity contribution in [3.63, 3.8) is 0 Å². The molecule has 126 valence electrons. The van der Waals surface area contributed by atoms with Gasteiger partial charge in [-0.2, -0.15) is 0 Å². The van der Waals surface area contributed by atoms with Gasteiger partial charge in [0.05, 0.1) is 0 Å². The first-order chi connectivity index (χ1) is 12.8. The molecule has 0 bridgehead atoms. The normalized spacial score (nSPS) is 13.5. The topological polar surface area (TPSA) is 13.1 Å². The molecule has 1 aliphatic rings. The van der Waals surface area contributed by atoms with Crippen LogP contribution < -0.4 is 0 Å². The van der Waals surface area contributed by atoms with Gasteiger partial charge in [0.15, 0.2) is 0 Å². The number of hydrogen-bond donors (Lipinski definition) is 0. The lowest BCUT2D eigenvalue weighted by molar-refractivity contribution is 0.591. The summed E-state index contributed by atoms with van der Waals surface area (Å²) in [6.07, 6.45) is 4.38. The molecule has 1 aliphatic carbocycles. The highest BCUT2D eigenvalue weighted by Crippen LogP contribution is 2.39. The third kappa shape index (κ3) is 2.62. The van der Waals surface area contributed by atoms with Gasteiger partial charge in [-0.25, -0.2) is 0 Å². The van der Waals surface area contributed by atoms with Crippen LogP contribution in [0.15, 0.2) is 87.8 Å². The third-order valence-electron chi connectivity index (χ3n) is 5.00.